The lowest BCUT2D eigenvalue weighted by Gasteiger charge is -2.36. The molecule has 0 radical (unpaired) electrons. The average Bonchev–Trinajstić information content (AvgIpc) is 2.96. The first-order valence-corrected chi connectivity index (χ1v) is 8.45. The van der Waals surface area contributed by atoms with Crippen molar-refractivity contribution in [1.82, 2.24) is 9.88 Å². The Hall–Kier alpha value is -1.43. The molecule has 0 atom stereocenters. The number of benzene rings is 1. The summed E-state index contributed by atoms with van der Waals surface area (Å²) in [5, 5.41) is 1.18. The number of thiazole rings is 1. The van der Waals surface area contributed by atoms with Gasteiger partial charge < -0.3 is 10.6 Å². The predicted octanol–water partition coefficient (Wildman–Crippen LogP) is 3.42. The normalized spacial score (nSPS) is 17.5. The van der Waals surface area contributed by atoms with E-state index in [1.807, 2.05) is 36.1 Å². The Morgan fingerprint density at radius 1 is 1.36 bits per heavy atom. The van der Waals surface area contributed by atoms with Crippen LogP contribution in [-0.4, -0.2) is 34.4 Å². The van der Waals surface area contributed by atoms with Crippen molar-refractivity contribution >= 4 is 28.8 Å². The van der Waals surface area contributed by atoms with Gasteiger partial charge in [0, 0.05) is 35.4 Å². The molecule has 0 unspecified atom stereocenters. The number of piperidine rings is 1. The Morgan fingerprint density at radius 2 is 2.05 bits per heavy atom. The summed E-state index contributed by atoms with van der Waals surface area (Å²) < 4.78 is 0. The van der Waals surface area contributed by atoms with Crippen LogP contribution >= 0.6 is 22.9 Å². The summed E-state index contributed by atoms with van der Waals surface area (Å²) in [6.07, 6.45) is 3.36. The fourth-order valence-corrected chi connectivity index (χ4v) is 3.73. The molecule has 2 N–H and O–H groups in total. The predicted molar refractivity (Wildman–Crippen MR) is 90.3 cm³/mol. The standard InChI is InChI=1S/C16H18ClN3OS/c1-16(18)6-8-20(9-7-16)15(21)14-19-10-13(22-14)11-4-2-3-5-12(11)17/h2-5,10H,6-9,18H2,1H3. The van der Waals surface area contributed by atoms with Crippen LogP contribution in [0.4, 0.5) is 0 Å². The van der Waals surface area contributed by atoms with Gasteiger partial charge in [0.25, 0.3) is 5.91 Å². The van der Waals surface area contributed by atoms with Crippen LogP contribution in [0.5, 0.6) is 0 Å². The second-order valence-electron chi connectivity index (χ2n) is 5.96. The zero-order valence-electron chi connectivity index (χ0n) is 12.4. The van der Waals surface area contributed by atoms with Crippen molar-refractivity contribution in [2.45, 2.75) is 25.3 Å². The van der Waals surface area contributed by atoms with Crippen molar-refractivity contribution in [2.24, 2.45) is 5.73 Å². The summed E-state index contributed by atoms with van der Waals surface area (Å²) in [4.78, 5) is 19.6. The molecule has 0 aliphatic carbocycles. The Kier molecular flexibility index (Phi) is 4.21. The van der Waals surface area contributed by atoms with Gasteiger partial charge in [0.15, 0.2) is 5.01 Å². The largest absolute Gasteiger partial charge is 0.336 e. The molecule has 3 rings (SSSR count). The minimum absolute atomic E-state index is 0.0150. The van der Waals surface area contributed by atoms with Gasteiger partial charge in [-0.2, -0.15) is 0 Å². The average molecular weight is 336 g/mol. The number of halogens is 1. The molecular formula is C16H18ClN3OS. The lowest BCUT2D eigenvalue weighted by molar-refractivity contribution is 0.0680. The van der Waals surface area contributed by atoms with E-state index in [-0.39, 0.29) is 11.4 Å². The molecule has 1 aliphatic rings. The fourth-order valence-electron chi connectivity index (χ4n) is 2.51. The molecule has 1 saturated heterocycles. The van der Waals surface area contributed by atoms with Gasteiger partial charge in [-0.05, 0) is 25.8 Å². The third-order valence-corrected chi connectivity index (χ3v) is 5.37. The third kappa shape index (κ3) is 3.16. The number of nitrogens with zero attached hydrogens (tertiary/aromatic N) is 2. The summed E-state index contributed by atoms with van der Waals surface area (Å²) in [6.45, 7) is 3.41. The first kappa shape index (κ1) is 15.5. The molecule has 116 valence electrons. The van der Waals surface area contributed by atoms with Crippen molar-refractivity contribution in [3.8, 4) is 10.4 Å². The van der Waals surface area contributed by atoms with Crippen LogP contribution in [-0.2, 0) is 0 Å². The van der Waals surface area contributed by atoms with Crippen LogP contribution in [0.25, 0.3) is 10.4 Å². The molecule has 22 heavy (non-hydrogen) atoms. The maximum atomic E-state index is 12.5. The first-order chi connectivity index (χ1) is 10.5. The Labute approximate surface area is 138 Å². The minimum atomic E-state index is -0.164. The smallest absolute Gasteiger partial charge is 0.282 e. The summed E-state index contributed by atoms with van der Waals surface area (Å²) in [5.41, 5.74) is 6.86. The number of rotatable bonds is 2. The van der Waals surface area contributed by atoms with E-state index in [0.29, 0.717) is 23.1 Å². The van der Waals surface area contributed by atoms with Crippen LogP contribution in [0.1, 0.15) is 29.6 Å². The number of amides is 1. The molecule has 2 heterocycles. The van der Waals surface area contributed by atoms with Crippen LogP contribution in [0.2, 0.25) is 5.02 Å². The summed E-state index contributed by atoms with van der Waals surface area (Å²) in [5.74, 6) is -0.0150. The zero-order valence-corrected chi connectivity index (χ0v) is 14.0. The highest BCUT2D eigenvalue weighted by Gasteiger charge is 2.29. The molecule has 1 fully saturated rings. The Balaban J connectivity index is 1.77. The van der Waals surface area contributed by atoms with Crippen LogP contribution in [0, 0.1) is 0 Å². The summed E-state index contributed by atoms with van der Waals surface area (Å²) >= 11 is 7.58. The molecule has 0 bridgehead atoms. The Bertz CT molecular complexity index is 688. The molecular weight excluding hydrogens is 318 g/mol. The van der Waals surface area contributed by atoms with Gasteiger partial charge in [-0.3, -0.25) is 4.79 Å². The number of likely N-dealkylation sites (tertiary alicyclic amines) is 1. The summed E-state index contributed by atoms with van der Waals surface area (Å²) in [7, 11) is 0. The van der Waals surface area contributed by atoms with Gasteiger partial charge >= 0.3 is 0 Å². The number of hydrogen-bond acceptors (Lipinski definition) is 4. The van der Waals surface area contributed by atoms with E-state index >= 15 is 0 Å². The zero-order chi connectivity index (χ0) is 15.7. The monoisotopic (exact) mass is 335 g/mol. The molecule has 2 aromatic rings. The van der Waals surface area contributed by atoms with Gasteiger partial charge in [-0.1, -0.05) is 29.8 Å². The lowest BCUT2D eigenvalue weighted by Crippen LogP contribution is -2.49. The van der Waals surface area contributed by atoms with E-state index in [1.165, 1.54) is 11.3 Å². The number of hydrogen-bond donors (Lipinski definition) is 1. The second-order valence-corrected chi connectivity index (χ2v) is 7.39. The van der Waals surface area contributed by atoms with E-state index < -0.39 is 0 Å². The molecule has 1 aromatic carbocycles. The highest BCUT2D eigenvalue weighted by Crippen LogP contribution is 2.32. The van der Waals surface area contributed by atoms with E-state index in [2.05, 4.69) is 4.98 Å². The van der Waals surface area contributed by atoms with Gasteiger partial charge in [0.05, 0.1) is 4.88 Å². The number of carbonyl (C=O) groups excluding carboxylic acids is 1. The van der Waals surface area contributed by atoms with Gasteiger partial charge in [-0.25, -0.2) is 4.98 Å². The molecule has 0 saturated carbocycles. The maximum Gasteiger partial charge on any atom is 0.282 e. The van der Waals surface area contributed by atoms with E-state index in [1.54, 1.807) is 6.20 Å². The van der Waals surface area contributed by atoms with Crippen LogP contribution < -0.4 is 5.73 Å². The van der Waals surface area contributed by atoms with Crippen molar-refractivity contribution in [2.75, 3.05) is 13.1 Å². The number of carbonyl (C=O) groups is 1. The quantitative estimate of drug-likeness (QED) is 0.914. The summed E-state index contributed by atoms with van der Waals surface area (Å²) in [6, 6.07) is 7.58. The molecule has 1 aromatic heterocycles. The molecule has 0 spiro atoms. The van der Waals surface area contributed by atoms with Crippen molar-refractivity contribution in [1.29, 1.82) is 0 Å². The highest BCUT2D eigenvalue weighted by atomic mass is 35.5. The third-order valence-electron chi connectivity index (χ3n) is 4.02. The molecule has 4 nitrogen and oxygen atoms in total. The Morgan fingerprint density at radius 3 is 2.73 bits per heavy atom. The molecule has 1 amide bonds. The van der Waals surface area contributed by atoms with Gasteiger partial charge in [-0.15, -0.1) is 11.3 Å². The highest BCUT2D eigenvalue weighted by molar-refractivity contribution is 7.17. The molecule has 1 aliphatic heterocycles. The van der Waals surface area contributed by atoms with E-state index in [0.717, 1.165) is 23.3 Å². The van der Waals surface area contributed by atoms with Crippen LogP contribution in [0.3, 0.4) is 0 Å². The lowest BCUT2D eigenvalue weighted by atomic mass is 9.91. The maximum absolute atomic E-state index is 12.5. The molecule has 6 heteroatoms. The topological polar surface area (TPSA) is 59.2 Å². The van der Waals surface area contributed by atoms with E-state index in [4.69, 9.17) is 17.3 Å². The first-order valence-electron chi connectivity index (χ1n) is 7.25. The SMILES string of the molecule is CC1(N)CCN(C(=O)c2ncc(-c3ccccc3Cl)s2)CC1. The number of nitrogens with two attached hydrogens (primary N) is 1. The van der Waals surface area contributed by atoms with Crippen molar-refractivity contribution in [3.05, 3.63) is 40.5 Å². The van der Waals surface area contributed by atoms with Crippen molar-refractivity contribution < 1.29 is 4.79 Å². The number of aromatic nitrogens is 1. The van der Waals surface area contributed by atoms with Crippen LogP contribution in [0.15, 0.2) is 30.5 Å². The van der Waals surface area contributed by atoms with Gasteiger partial charge in [0.2, 0.25) is 0 Å². The van der Waals surface area contributed by atoms with Gasteiger partial charge in [0.1, 0.15) is 0 Å². The second kappa shape index (κ2) is 5.99. The van der Waals surface area contributed by atoms with Crippen molar-refractivity contribution in [3.63, 3.8) is 0 Å². The fraction of sp³-hybridized carbons (Fsp3) is 0.375. The minimum Gasteiger partial charge on any atom is -0.336 e. The van der Waals surface area contributed by atoms with E-state index in [9.17, 15) is 4.79 Å².